The summed E-state index contributed by atoms with van der Waals surface area (Å²) in [5.74, 6) is 0. The van der Waals surface area contributed by atoms with Gasteiger partial charge in [0.1, 0.15) is 0 Å². The molecule has 0 bridgehead atoms. The lowest BCUT2D eigenvalue weighted by Gasteiger charge is -2.27. The van der Waals surface area contributed by atoms with E-state index in [9.17, 15) is 18.0 Å². The minimum atomic E-state index is -4.48. The summed E-state index contributed by atoms with van der Waals surface area (Å²) < 4.78 is 39.5. The Hall–Kier alpha value is -2.58. The molecule has 128 valence electrons. The highest BCUT2D eigenvalue weighted by molar-refractivity contribution is 5.89. The zero-order valence-electron chi connectivity index (χ0n) is 13.2. The average molecular weight is 339 g/mol. The second-order valence-corrected chi connectivity index (χ2v) is 5.73. The summed E-state index contributed by atoms with van der Waals surface area (Å²) in [5, 5.41) is 6.30. The maximum Gasteiger partial charge on any atom is 0.435 e. The van der Waals surface area contributed by atoms with E-state index in [0.717, 1.165) is 17.5 Å². The van der Waals surface area contributed by atoms with Gasteiger partial charge < -0.3 is 10.2 Å². The largest absolute Gasteiger partial charge is 0.435 e. The number of anilines is 1. The number of halogens is 3. The molecule has 2 amide bonds. The van der Waals surface area contributed by atoms with Crippen LogP contribution in [0, 0.1) is 13.8 Å². The van der Waals surface area contributed by atoms with Crippen molar-refractivity contribution >= 4 is 11.7 Å². The van der Waals surface area contributed by atoms with Gasteiger partial charge in [0.2, 0.25) is 0 Å². The van der Waals surface area contributed by atoms with Crippen LogP contribution in [0.1, 0.15) is 22.8 Å². The lowest BCUT2D eigenvalue weighted by molar-refractivity contribution is -0.141. The fraction of sp³-hybridized carbons (Fsp3) is 0.400. The van der Waals surface area contributed by atoms with Crippen LogP contribution in [0.3, 0.4) is 0 Å². The third kappa shape index (κ3) is 3.34. The first-order chi connectivity index (χ1) is 11.2. The van der Waals surface area contributed by atoms with Crippen molar-refractivity contribution < 1.29 is 18.0 Å². The van der Waals surface area contributed by atoms with Crippen LogP contribution in [0.4, 0.5) is 23.7 Å². The van der Waals surface area contributed by atoms with Crippen LogP contribution in [0.25, 0.3) is 0 Å². The molecule has 0 spiro atoms. The first kappa shape index (κ1) is 16.3. The number of hydrogen-bond acceptors (Lipinski definition) is 3. The number of urea groups is 1. The maximum atomic E-state index is 12.7. The van der Waals surface area contributed by atoms with E-state index in [1.807, 2.05) is 13.8 Å². The fourth-order valence-corrected chi connectivity index (χ4v) is 2.69. The molecule has 1 N–H and O–H groups in total. The van der Waals surface area contributed by atoms with Crippen molar-refractivity contribution in [3.63, 3.8) is 0 Å². The van der Waals surface area contributed by atoms with Crippen molar-refractivity contribution in [3.8, 4) is 0 Å². The fourth-order valence-electron chi connectivity index (χ4n) is 2.69. The minimum absolute atomic E-state index is 0.0813. The number of carbonyl (C=O) groups excluding carboxylic acids is 1. The molecule has 0 saturated carbocycles. The molecule has 0 unspecified atom stereocenters. The van der Waals surface area contributed by atoms with Crippen LogP contribution in [-0.2, 0) is 19.3 Å². The standard InChI is InChI=1S/C15H16F3N5O/c1-9-5-11(6-10(2)19-9)20-14(24)22-3-4-23-12(8-22)7-13(21-23)15(16,17)18/h5-7H,3-4,8H2,1-2H3,(H,19,20,24). The summed E-state index contributed by atoms with van der Waals surface area (Å²) in [6.07, 6.45) is -4.48. The smallest absolute Gasteiger partial charge is 0.317 e. The van der Waals surface area contributed by atoms with Crippen molar-refractivity contribution in [1.29, 1.82) is 0 Å². The molecule has 24 heavy (non-hydrogen) atoms. The molecule has 2 aromatic heterocycles. The Morgan fingerprint density at radius 1 is 1.17 bits per heavy atom. The van der Waals surface area contributed by atoms with Gasteiger partial charge in [-0.25, -0.2) is 4.79 Å². The first-order valence-corrected chi connectivity index (χ1v) is 7.37. The Labute approximate surface area is 136 Å². The van der Waals surface area contributed by atoms with Gasteiger partial charge in [-0.05, 0) is 32.0 Å². The predicted molar refractivity (Wildman–Crippen MR) is 80.4 cm³/mol. The number of nitrogens with zero attached hydrogens (tertiary/aromatic N) is 4. The van der Waals surface area contributed by atoms with Crippen LogP contribution < -0.4 is 5.32 Å². The predicted octanol–water partition coefficient (Wildman–Crippen LogP) is 2.96. The SMILES string of the molecule is Cc1cc(NC(=O)N2CCn3nc(C(F)(F)F)cc3C2)cc(C)n1. The zero-order chi connectivity index (χ0) is 17.5. The quantitative estimate of drug-likeness (QED) is 0.869. The lowest BCUT2D eigenvalue weighted by Crippen LogP contribution is -2.40. The number of hydrogen-bond donors (Lipinski definition) is 1. The summed E-state index contributed by atoms with van der Waals surface area (Å²) in [7, 11) is 0. The minimum Gasteiger partial charge on any atom is -0.317 e. The molecule has 1 aliphatic rings. The number of aromatic nitrogens is 3. The Morgan fingerprint density at radius 3 is 2.46 bits per heavy atom. The van der Waals surface area contributed by atoms with Gasteiger partial charge in [0, 0.05) is 23.6 Å². The highest BCUT2D eigenvalue weighted by atomic mass is 19.4. The molecule has 3 rings (SSSR count). The van der Waals surface area contributed by atoms with Crippen molar-refractivity contribution in [2.75, 3.05) is 11.9 Å². The Kier molecular flexibility index (Phi) is 3.94. The molecule has 0 saturated heterocycles. The molecule has 0 fully saturated rings. The average Bonchev–Trinajstić information content (AvgIpc) is 2.89. The zero-order valence-corrected chi connectivity index (χ0v) is 13.2. The number of carbonyl (C=O) groups is 1. The van der Waals surface area contributed by atoms with E-state index in [1.165, 1.54) is 9.58 Å². The number of alkyl halides is 3. The van der Waals surface area contributed by atoms with E-state index < -0.39 is 11.9 Å². The van der Waals surface area contributed by atoms with Gasteiger partial charge in [0.05, 0.1) is 18.8 Å². The van der Waals surface area contributed by atoms with E-state index in [4.69, 9.17) is 0 Å². The van der Waals surface area contributed by atoms with E-state index in [0.29, 0.717) is 17.9 Å². The molecule has 2 aromatic rings. The third-order valence-electron chi connectivity index (χ3n) is 3.71. The Bertz CT molecular complexity index is 764. The summed E-state index contributed by atoms with van der Waals surface area (Å²) >= 11 is 0. The van der Waals surface area contributed by atoms with Crippen LogP contribution in [0.2, 0.25) is 0 Å². The molecular weight excluding hydrogens is 323 g/mol. The Morgan fingerprint density at radius 2 is 1.83 bits per heavy atom. The van der Waals surface area contributed by atoms with Gasteiger partial charge in [-0.3, -0.25) is 9.67 Å². The molecule has 1 aliphatic heterocycles. The van der Waals surface area contributed by atoms with E-state index in [2.05, 4.69) is 15.4 Å². The van der Waals surface area contributed by atoms with E-state index in [1.54, 1.807) is 12.1 Å². The Balaban J connectivity index is 1.72. The highest BCUT2D eigenvalue weighted by Crippen LogP contribution is 2.29. The van der Waals surface area contributed by atoms with Gasteiger partial charge in [0.15, 0.2) is 5.69 Å². The second kappa shape index (κ2) is 5.81. The number of nitrogens with one attached hydrogen (secondary N) is 1. The molecule has 6 nitrogen and oxygen atoms in total. The summed E-state index contributed by atoms with van der Waals surface area (Å²) in [6.45, 7) is 4.24. The van der Waals surface area contributed by atoms with Crippen LogP contribution in [0.5, 0.6) is 0 Å². The molecule has 0 radical (unpaired) electrons. The number of aryl methyl sites for hydroxylation is 2. The molecular formula is C15H16F3N5O. The van der Waals surface area contributed by atoms with Crippen LogP contribution in [0.15, 0.2) is 18.2 Å². The molecule has 0 atom stereocenters. The first-order valence-electron chi connectivity index (χ1n) is 7.37. The maximum absolute atomic E-state index is 12.7. The van der Waals surface area contributed by atoms with E-state index >= 15 is 0 Å². The third-order valence-corrected chi connectivity index (χ3v) is 3.71. The molecule has 9 heteroatoms. The molecule has 3 heterocycles. The normalized spacial score (nSPS) is 14.5. The number of pyridine rings is 1. The topological polar surface area (TPSA) is 63.1 Å². The van der Waals surface area contributed by atoms with Crippen LogP contribution >= 0.6 is 0 Å². The van der Waals surface area contributed by atoms with Crippen molar-refractivity contribution in [3.05, 3.63) is 41.0 Å². The van der Waals surface area contributed by atoms with Crippen molar-refractivity contribution in [2.45, 2.75) is 33.1 Å². The van der Waals surface area contributed by atoms with Crippen molar-refractivity contribution in [2.24, 2.45) is 0 Å². The number of amides is 2. The van der Waals surface area contributed by atoms with Gasteiger partial charge in [-0.2, -0.15) is 18.3 Å². The summed E-state index contributed by atoms with van der Waals surface area (Å²) in [6, 6.07) is 4.10. The van der Waals surface area contributed by atoms with E-state index in [-0.39, 0.29) is 19.1 Å². The van der Waals surface area contributed by atoms with Crippen LogP contribution in [-0.4, -0.2) is 32.2 Å². The molecule has 0 aromatic carbocycles. The highest BCUT2D eigenvalue weighted by Gasteiger charge is 2.36. The van der Waals surface area contributed by atoms with Gasteiger partial charge in [-0.1, -0.05) is 0 Å². The monoisotopic (exact) mass is 339 g/mol. The summed E-state index contributed by atoms with van der Waals surface area (Å²) in [4.78, 5) is 18.0. The second-order valence-electron chi connectivity index (χ2n) is 5.73. The number of rotatable bonds is 1. The molecule has 0 aliphatic carbocycles. The van der Waals surface area contributed by atoms with Crippen molar-refractivity contribution in [1.82, 2.24) is 19.7 Å². The lowest BCUT2D eigenvalue weighted by atomic mass is 10.2. The van der Waals surface area contributed by atoms with Gasteiger partial charge in [0.25, 0.3) is 0 Å². The van der Waals surface area contributed by atoms with Gasteiger partial charge >= 0.3 is 12.2 Å². The summed E-state index contributed by atoms with van der Waals surface area (Å²) in [5.41, 5.74) is 1.60. The van der Waals surface area contributed by atoms with Gasteiger partial charge in [-0.15, -0.1) is 0 Å². The number of fused-ring (bicyclic) bond motifs is 1.